The van der Waals surface area contributed by atoms with Gasteiger partial charge in [-0.3, -0.25) is 4.98 Å². The highest BCUT2D eigenvalue weighted by Crippen LogP contribution is 2.28. The largest absolute Gasteiger partial charge is 0.397 e. The monoisotopic (exact) mass is 303 g/mol. The molecular weight excluding hydrogens is 290 g/mol. The van der Waals surface area contributed by atoms with Crippen molar-refractivity contribution >= 4 is 45.1 Å². The van der Waals surface area contributed by atoms with E-state index in [1.54, 1.807) is 17.5 Å². The summed E-state index contributed by atoms with van der Waals surface area (Å²) >= 11 is 7.53. The van der Waals surface area contributed by atoms with Gasteiger partial charge in [-0.25, -0.2) is 0 Å². The Morgan fingerprint density at radius 2 is 2.10 bits per heavy atom. The lowest BCUT2D eigenvalue weighted by molar-refractivity contribution is 1.05. The number of nitrogen functional groups attached to an aromatic ring is 1. The summed E-state index contributed by atoms with van der Waals surface area (Å²) in [5.74, 6) is 0. The highest BCUT2D eigenvalue weighted by atomic mass is 35.5. The van der Waals surface area contributed by atoms with Gasteiger partial charge in [-0.05, 0) is 30.7 Å². The predicted molar refractivity (Wildman–Crippen MR) is 87.7 cm³/mol. The smallest absolute Gasteiger partial charge is 0.0931 e. The molecule has 0 aliphatic carbocycles. The number of nitrogens with two attached hydrogens (primary N) is 1. The molecule has 0 atom stereocenters. The highest BCUT2D eigenvalue weighted by Gasteiger charge is 2.04. The van der Waals surface area contributed by atoms with E-state index < -0.39 is 0 Å². The maximum Gasteiger partial charge on any atom is 0.0931 e. The predicted octanol–water partition coefficient (Wildman–Crippen LogP) is 4.19. The van der Waals surface area contributed by atoms with E-state index in [2.05, 4.69) is 16.4 Å². The number of hydrogen-bond donors (Lipinski definition) is 2. The van der Waals surface area contributed by atoms with E-state index >= 15 is 0 Å². The molecule has 0 bridgehead atoms. The molecule has 1 aromatic carbocycles. The van der Waals surface area contributed by atoms with Crippen LogP contribution in [0.1, 0.15) is 4.88 Å². The van der Waals surface area contributed by atoms with E-state index in [0.717, 1.165) is 39.4 Å². The zero-order valence-corrected chi connectivity index (χ0v) is 12.3. The van der Waals surface area contributed by atoms with Gasteiger partial charge >= 0.3 is 0 Å². The molecule has 0 aliphatic rings. The molecule has 0 saturated heterocycles. The van der Waals surface area contributed by atoms with Gasteiger partial charge in [-0.2, -0.15) is 0 Å². The number of anilines is 2. The van der Waals surface area contributed by atoms with Crippen LogP contribution < -0.4 is 11.1 Å². The van der Waals surface area contributed by atoms with Crippen LogP contribution in [0.25, 0.3) is 10.8 Å². The van der Waals surface area contributed by atoms with Crippen molar-refractivity contribution < 1.29 is 0 Å². The molecule has 0 unspecified atom stereocenters. The first kappa shape index (κ1) is 13.2. The minimum absolute atomic E-state index is 0.772. The Balaban J connectivity index is 1.73. The molecule has 2 aromatic heterocycles. The van der Waals surface area contributed by atoms with Crippen molar-refractivity contribution in [2.24, 2.45) is 0 Å². The molecule has 0 amide bonds. The normalized spacial score (nSPS) is 10.8. The van der Waals surface area contributed by atoms with Crippen molar-refractivity contribution in [1.29, 1.82) is 0 Å². The summed E-state index contributed by atoms with van der Waals surface area (Å²) in [5.41, 5.74) is 7.93. The molecule has 2 heterocycles. The van der Waals surface area contributed by atoms with Crippen LogP contribution in [0.3, 0.4) is 0 Å². The second kappa shape index (κ2) is 5.69. The zero-order valence-electron chi connectivity index (χ0n) is 10.8. The summed E-state index contributed by atoms with van der Waals surface area (Å²) in [6, 6.07) is 9.96. The number of hydrogen-bond acceptors (Lipinski definition) is 4. The van der Waals surface area contributed by atoms with E-state index in [4.69, 9.17) is 17.3 Å². The number of pyridine rings is 1. The van der Waals surface area contributed by atoms with Crippen molar-refractivity contribution in [3.05, 3.63) is 51.9 Å². The van der Waals surface area contributed by atoms with Crippen molar-refractivity contribution in [2.45, 2.75) is 6.42 Å². The van der Waals surface area contributed by atoms with Crippen molar-refractivity contribution in [1.82, 2.24) is 4.98 Å². The van der Waals surface area contributed by atoms with Crippen LogP contribution in [0.2, 0.25) is 4.34 Å². The summed E-state index contributed by atoms with van der Waals surface area (Å²) in [5, 5.41) is 5.47. The molecule has 3 rings (SSSR count). The number of halogens is 1. The van der Waals surface area contributed by atoms with Gasteiger partial charge in [0.05, 0.1) is 15.7 Å². The van der Waals surface area contributed by atoms with Gasteiger partial charge in [0.15, 0.2) is 0 Å². The number of thiophene rings is 1. The summed E-state index contributed by atoms with van der Waals surface area (Å²) < 4.78 is 0.831. The first-order valence-electron chi connectivity index (χ1n) is 6.34. The lowest BCUT2D eigenvalue weighted by atomic mass is 10.1. The number of nitrogens with zero attached hydrogens (tertiary/aromatic N) is 1. The molecule has 0 radical (unpaired) electrons. The van der Waals surface area contributed by atoms with Crippen molar-refractivity contribution in [2.75, 3.05) is 17.6 Å². The second-order valence-electron chi connectivity index (χ2n) is 4.51. The quantitative estimate of drug-likeness (QED) is 0.711. The van der Waals surface area contributed by atoms with Gasteiger partial charge in [0.25, 0.3) is 0 Å². The molecule has 3 N–H and O–H groups in total. The minimum atomic E-state index is 0.772. The fourth-order valence-electron chi connectivity index (χ4n) is 2.15. The summed E-state index contributed by atoms with van der Waals surface area (Å²) in [7, 11) is 0. The van der Waals surface area contributed by atoms with Crippen molar-refractivity contribution in [3.63, 3.8) is 0 Å². The average Bonchev–Trinajstić information content (AvgIpc) is 2.87. The van der Waals surface area contributed by atoms with Crippen LogP contribution in [0.15, 0.2) is 42.7 Å². The molecule has 3 aromatic rings. The molecular formula is C15H14ClN3S. The van der Waals surface area contributed by atoms with Crippen LogP contribution in [0, 0.1) is 0 Å². The zero-order chi connectivity index (χ0) is 13.9. The Hall–Kier alpha value is -1.78. The van der Waals surface area contributed by atoms with E-state index in [1.807, 2.05) is 30.5 Å². The lowest BCUT2D eigenvalue weighted by Crippen LogP contribution is -2.06. The van der Waals surface area contributed by atoms with Gasteiger partial charge in [0.2, 0.25) is 0 Å². The number of nitrogens with one attached hydrogen (secondary N) is 1. The second-order valence-corrected chi connectivity index (χ2v) is 6.31. The molecule has 20 heavy (non-hydrogen) atoms. The summed E-state index contributed by atoms with van der Waals surface area (Å²) in [6.45, 7) is 0.831. The Morgan fingerprint density at radius 1 is 1.20 bits per heavy atom. The first-order valence-corrected chi connectivity index (χ1v) is 7.54. The molecule has 0 aliphatic heterocycles. The minimum Gasteiger partial charge on any atom is -0.397 e. The van der Waals surface area contributed by atoms with E-state index in [9.17, 15) is 0 Å². The highest BCUT2D eigenvalue weighted by molar-refractivity contribution is 7.16. The molecule has 0 spiro atoms. The van der Waals surface area contributed by atoms with Gasteiger partial charge in [0, 0.05) is 34.6 Å². The molecule has 0 fully saturated rings. The maximum absolute atomic E-state index is 6.19. The third kappa shape index (κ3) is 2.71. The van der Waals surface area contributed by atoms with E-state index in [1.165, 1.54) is 4.88 Å². The molecule has 3 nitrogen and oxygen atoms in total. The van der Waals surface area contributed by atoms with Gasteiger partial charge < -0.3 is 11.1 Å². The van der Waals surface area contributed by atoms with Crippen LogP contribution >= 0.6 is 22.9 Å². The van der Waals surface area contributed by atoms with Crippen LogP contribution in [-0.2, 0) is 6.42 Å². The van der Waals surface area contributed by atoms with Crippen LogP contribution in [0.5, 0.6) is 0 Å². The fourth-order valence-corrected chi connectivity index (χ4v) is 3.24. The number of rotatable bonds is 4. The third-order valence-corrected chi connectivity index (χ3v) is 4.47. The Morgan fingerprint density at radius 3 is 2.90 bits per heavy atom. The SMILES string of the molecule is Nc1c(NCCc2ccc(Cl)s2)ccc2cnccc12. The van der Waals surface area contributed by atoms with Crippen LogP contribution in [0.4, 0.5) is 11.4 Å². The number of aromatic nitrogens is 1. The average molecular weight is 304 g/mol. The third-order valence-electron chi connectivity index (χ3n) is 3.18. The topological polar surface area (TPSA) is 50.9 Å². The van der Waals surface area contributed by atoms with E-state index in [0.29, 0.717) is 0 Å². The lowest BCUT2D eigenvalue weighted by Gasteiger charge is -2.11. The number of fused-ring (bicyclic) bond motifs is 1. The Kier molecular flexibility index (Phi) is 3.76. The molecule has 102 valence electrons. The molecule has 0 saturated carbocycles. The first-order chi connectivity index (χ1) is 9.74. The van der Waals surface area contributed by atoms with Gasteiger partial charge in [-0.15, -0.1) is 11.3 Å². The summed E-state index contributed by atoms with van der Waals surface area (Å²) in [6.07, 6.45) is 4.52. The molecule has 5 heteroatoms. The fraction of sp³-hybridized carbons (Fsp3) is 0.133. The maximum atomic E-state index is 6.19. The summed E-state index contributed by atoms with van der Waals surface area (Å²) in [4.78, 5) is 5.37. The van der Waals surface area contributed by atoms with Gasteiger partial charge in [-0.1, -0.05) is 17.7 Å². The standard InChI is InChI=1S/C15H14ClN3S/c16-14-4-2-11(20-14)5-8-19-13-3-1-10-9-18-7-6-12(10)15(13)17/h1-4,6-7,9,19H,5,8,17H2. The van der Waals surface area contributed by atoms with Crippen LogP contribution in [-0.4, -0.2) is 11.5 Å². The van der Waals surface area contributed by atoms with E-state index in [-0.39, 0.29) is 0 Å². The van der Waals surface area contributed by atoms with Gasteiger partial charge in [0.1, 0.15) is 0 Å². The Labute approximate surface area is 126 Å². The number of benzene rings is 1. The van der Waals surface area contributed by atoms with Crippen molar-refractivity contribution in [3.8, 4) is 0 Å². The Bertz CT molecular complexity index is 739.